The van der Waals surface area contributed by atoms with Crippen molar-refractivity contribution in [2.75, 3.05) is 6.61 Å². The van der Waals surface area contributed by atoms with Crippen molar-refractivity contribution < 1.29 is 22.7 Å². The maximum absolute atomic E-state index is 13.1. The molecule has 0 spiro atoms. The minimum Gasteiger partial charge on any atom is -0.484 e. The van der Waals surface area contributed by atoms with E-state index in [0.29, 0.717) is 17.7 Å². The number of aryl methyl sites for hydroxylation is 1. The first-order valence-electron chi connectivity index (χ1n) is 10.3. The highest BCUT2D eigenvalue weighted by Crippen LogP contribution is 2.44. The summed E-state index contributed by atoms with van der Waals surface area (Å²) in [6.45, 7) is 8.52. The van der Waals surface area contributed by atoms with Gasteiger partial charge in [-0.1, -0.05) is 20.8 Å². The van der Waals surface area contributed by atoms with Crippen molar-refractivity contribution >= 4 is 5.91 Å². The van der Waals surface area contributed by atoms with Gasteiger partial charge in [-0.3, -0.25) is 14.9 Å². The first-order chi connectivity index (χ1) is 14.3. The standard InChI is InChI=1S/C22H29F3N4O2/c1-13-8-18(29-28-13)21(5,11-20(2,3)4)27-19(30)16-9-17(31-12-22(23,24)25)15(10-26-16)14-6-7-14/h8-10,14H,6-7,11-12H2,1-5H3,(H,27,30)(H,28,29)/t21-/m0/s1. The Hall–Kier alpha value is -2.58. The van der Waals surface area contributed by atoms with Crippen LogP contribution in [0.4, 0.5) is 13.2 Å². The molecule has 1 saturated carbocycles. The molecule has 170 valence electrons. The molecule has 1 aliphatic carbocycles. The molecule has 0 aliphatic heterocycles. The number of hydrogen-bond acceptors (Lipinski definition) is 4. The largest absolute Gasteiger partial charge is 0.484 e. The van der Waals surface area contributed by atoms with E-state index in [-0.39, 0.29) is 22.8 Å². The molecule has 2 aromatic rings. The smallest absolute Gasteiger partial charge is 0.422 e. The minimum absolute atomic E-state index is 0.00830. The molecule has 1 fully saturated rings. The SMILES string of the molecule is Cc1cc([C@](C)(CC(C)(C)C)NC(=O)c2cc(OCC(F)(F)F)c(C3CC3)cn2)n[nH]1. The number of carbonyl (C=O) groups is 1. The fourth-order valence-corrected chi connectivity index (χ4v) is 3.83. The number of halogens is 3. The molecular formula is C22H29F3N4O2. The topological polar surface area (TPSA) is 79.9 Å². The zero-order chi connectivity index (χ0) is 23.0. The third-order valence-corrected chi connectivity index (χ3v) is 5.08. The van der Waals surface area contributed by atoms with Crippen LogP contribution in [0.25, 0.3) is 0 Å². The zero-order valence-electron chi connectivity index (χ0n) is 18.5. The number of aromatic nitrogens is 3. The third kappa shape index (κ3) is 6.21. The molecule has 9 heteroatoms. The predicted octanol–water partition coefficient (Wildman–Crippen LogP) is 5.01. The Balaban J connectivity index is 1.87. The summed E-state index contributed by atoms with van der Waals surface area (Å²) in [5.41, 5.74) is 1.23. The van der Waals surface area contributed by atoms with E-state index >= 15 is 0 Å². The first kappa shape index (κ1) is 23.1. The molecule has 0 aromatic carbocycles. The van der Waals surface area contributed by atoms with E-state index in [4.69, 9.17) is 4.74 Å². The lowest BCUT2D eigenvalue weighted by atomic mass is 9.78. The number of carbonyl (C=O) groups excluding carboxylic acids is 1. The van der Waals surface area contributed by atoms with Gasteiger partial charge in [-0.25, -0.2) is 0 Å². The van der Waals surface area contributed by atoms with Crippen LogP contribution in [0.15, 0.2) is 18.3 Å². The summed E-state index contributed by atoms with van der Waals surface area (Å²) in [5.74, 6) is -0.300. The summed E-state index contributed by atoms with van der Waals surface area (Å²) in [7, 11) is 0. The normalized spacial score (nSPS) is 16.6. The van der Waals surface area contributed by atoms with Crippen LogP contribution in [0.5, 0.6) is 5.75 Å². The number of nitrogens with zero attached hydrogens (tertiary/aromatic N) is 2. The molecular weight excluding hydrogens is 409 g/mol. The maximum Gasteiger partial charge on any atom is 0.422 e. The molecule has 6 nitrogen and oxygen atoms in total. The average molecular weight is 438 g/mol. The van der Waals surface area contributed by atoms with Crippen molar-refractivity contribution in [3.05, 3.63) is 41.0 Å². The number of amides is 1. The number of rotatable bonds is 7. The van der Waals surface area contributed by atoms with Crippen LogP contribution in [0.2, 0.25) is 0 Å². The lowest BCUT2D eigenvalue weighted by molar-refractivity contribution is -0.153. The minimum atomic E-state index is -4.46. The van der Waals surface area contributed by atoms with E-state index in [1.807, 2.05) is 19.9 Å². The highest BCUT2D eigenvalue weighted by molar-refractivity contribution is 5.93. The molecule has 31 heavy (non-hydrogen) atoms. The fourth-order valence-electron chi connectivity index (χ4n) is 3.83. The Morgan fingerprint density at radius 1 is 1.23 bits per heavy atom. The number of pyridine rings is 1. The molecule has 2 aromatic heterocycles. The van der Waals surface area contributed by atoms with Gasteiger partial charge in [0.05, 0.1) is 11.2 Å². The predicted molar refractivity (Wildman–Crippen MR) is 110 cm³/mol. The molecule has 0 radical (unpaired) electrons. The van der Waals surface area contributed by atoms with E-state index < -0.39 is 24.2 Å². The maximum atomic E-state index is 13.1. The number of hydrogen-bond donors (Lipinski definition) is 2. The van der Waals surface area contributed by atoms with Crippen molar-refractivity contribution in [2.24, 2.45) is 5.41 Å². The molecule has 0 saturated heterocycles. The number of H-pyrrole nitrogens is 1. The summed E-state index contributed by atoms with van der Waals surface area (Å²) in [6, 6.07) is 3.18. The van der Waals surface area contributed by atoms with Crippen LogP contribution in [0.1, 0.15) is 80.3 Å². The van der Waals surface area contributed by atoms with E-state index in [1.54, 1.807) is 0 Å². The van der Waals surface area contributed by atoms with Gasteiger partial charge in [0.1, 0.15) is 11.4 Å². The van der Waals surface area contributed by atoms with Crippen molar-refractivity contribution in [1.29, 1.82) is 0 Å². The van der Waals surface area contributed by atoms with Gasteiger partial charge in [0.25, 0.3) is 5.91 Å². The van der Waals surface area contributed by atoms with Gasteiger partial charge >= 0.3 is 6.18 Å². The van der Waals surface area contributed by atoms with Gasteiger partial charge < -0.3 is 10.1 Å². The van der Waals surface area contributed by atoms with Crippen LogP contribution in [0.3, 0.4) is 0 Å². The molecule has 1 atom stereocenters. The number of ether oxygens (including phenoxy) is 1. The molecule has 3 rings (SSSR count). The quantitative estimate of drug-likeness (QED) is 0.637. The van der Waals surface area contributed by atoms with Gasteiger partial charge in [0.2, 0.25) is 0 Å². The van der Waals surface area contributed by atoms with Gasteiger partial charge in [-0.2, -0.15) is 18.3 Å². The lowest BCUT2D eigenvalue weighted by Gasteiger charge is -2.35. The van der Waals surface area contributed by atoms with Gasteiger partial charge in [-0.05, 0) is 50.5 Å². The van der Waals surface area contributed by atoms with Crippen molar-refractivity contribution in [1.82, 2.24) is 20.5 Å². The Morgan fingerprint density at radius 3 is 2.42 bits per heavy atom. The average Bonchev–Trinajstić information content (AvgIpc) is 3.37. The highest BCUT2D eigenvalue weighted by Gasteiger charge is 2.37. The molecule has 1 aliphatic rings. The molecule has 0 bridgehead atoms. The van der Waals surface area contributed by atoms with E-state index in [1.165, 1.54) is 12.3 Å². The Morgan fingerprint density at radius 2 is 1.90 bits per heavy atom. The number of alkyl halides is 3. The van der Waals surface area contributed by atoms with Crippen LogP contribution >= 0.6 is 0 Å². The molecule has 1 amide bonds. The van der Waals surface area contributed by atoms with E-state index in [2.05, 4.69) is 41.3 Å². The Kier molecular flexibility index (Phi) is 6.08. The second-order valence-electron chi connectivity index (χ2n) is 9.75. The number of aromatic amines is 1. The van der Waals surface area contributed by atoms with Crippen molar-refractivity contribution in [2.45, 2.75) is 71.5 Å². The summed E-state index contributed by atoms with van der Waals surface area (Å²) in [4.78, 5) is 17.3. The Labute approximate surface area is 180 Å². The van der Waals surface area contributed by atoms with Crippen LogP contribution in [-0.4, -0.2) is 33.9 Å². The fraction of sp³-hybridized carbons (Fsp3) is 0.591. The van der Waals surface area contributed by atoms with Crippen LogP contribution in [-0.2, 0) is 5.54 Å². The molecule has 2 N–H and O–H groups in total. The first-order valence-corrected chi connectivity index (χ1v) is 10.3. The highest BCUT2D eigenvalue weighted by atomic mass is 19.4. The second-order valence-corrected chi connectivity index (χ2v) is 9.75. The lowest BCUT2D eigenvalue weighted by Crippen LogP contribution is -2.46. The summed E-state index contributed by atoms with van der Waals surface area (Å²) < 4.78 is 43.1. The second kappa shape index (κ2) is 8.16. The monoisotopic (exact) mass is 438 g/mol. The summed E-state index contributed by atoms with van der Waals surface area (Å²) >= 11 is 0. The summed E-state index contributed by atoms with van der Waals surface area (Å²) in [6.07, 6.45) is -0.670. The summed E-state index contributed by atoms with van der Waals surface area (Å²) in [5, 5.41) is 10.2. The Bertz CT molecular complexity index is 945. The van der Waals surface area contributed by atoms with Gasteiger partial charge in [0, 0.05) is 23.5 Å². The van der Waals surface area contributed by atoms with E-state index in [0.717, 1.165) is 18.5 Å². The van der Waals surface area contributed by atoms with Crippen molar-refractivity contribution in [3.63, 3.8) is 0 Å². The molecule has 0 unspecified atom stereocenters. The zero-order valence-corrected chi connectivity index (χ0v) is 18.5. The number of nitrogens with one attached hydrogen (secondary N) is 2. The van der Waals surface area contributed by atoms with Crippen LogP contribution < -0.4 is 10.1 Å². The van der Waals surface area contributed by atoms with Crippen molar-refractivity contribution in [3.8, 4) is 5.75 Å². The van der Waals surface area contributed by atoms with Gasteiger partial charge in [0.15, 0.2) is 6.61 Å². The molecule has 2 heterocycles. The van der Waals surface area contributed by atoms with Gasteiger partial charge in [-0.15, -0.1) is 0 Å². The van der Waals surface area contributed by atoms with E-state index in [9.17, 15) is 18.0 Å². The van der Waals surface area contributed by atoms with Crippen LogP contribution in [0, 0.1) is 12.3 Å². The third-order valence-electron chi connectivity index (χ3n) is 5.08.